The van der Waals surface area contributed by atoms with Crippen molar-refractivity contribution in [1.29, 1.82) is 0 Å². The van der Waals surface area contributed by atoms with E-state index in [-0.39, 0.29) is 12.6 Å². The van der Waals surface area contributed by atoms with E-state index in [2.05, 4.69) is 9.64 Å². The van der Waals surface area contributed by atoms with Crippen LogP contribution in [0, 0.1) is 0 Å². The molecule has 1 rings (SSSR count). The summed E-state index contributed by atoms with van der Waals surface area (Å²) >= 11 is 0. The summed E-state index contributed by atoms with van der Waals surface area (Å²) in [6, 6.07) is 0.212. The number of halogens is 2. The summed E-state index contributed by atoms with van der Waals surface area (Å²) in [5, 5.41) is 0. The molecule has 1 heterocycles. The van der Waals surface area contributed by atoms with Gasteiger partial charge in [0.1, 0.15) is 0 Å². The predicted molar refractivity (Wildman–Crippen MR) is 42.2 cm³/mol. The Balaban J connectivity index is 2.21. The number of likely N-dealkylation sites (N-methyl/N-ethyl adjacent to an activating group) is 1. The summed E-state index contributed by atoms with van der Waals surface area (Å²) in [7, 11) is 0. The smallest absolute Gasteiger partial charge is 0.321 e. The summed E-state index contributed by atoms with van der Waals surface area (Å²) < 4.78 is 27.6. The van der Waals surface area contributed by atoms with Crippen LogP contribution in [0.15, 0.2) is 0 Å². The number of rotatable bonds is 4. The van der Waals surface area contributed by atoms with Crippen LogP contribution in [0.25, 0.3) is 0 Å². The van der Waals surface area contributed by atoms with Crippen molar-refractivity contribution in [2.24, 2.45) is 0 Å². The monoisotopic (exact) mass is 179 g/mol. The van der Waals surface area contributed by atoms with Crippen LogP contribution >= 0.6 is 0 Å². The van der Waals surface area contributed by atoms with Crippen molar-refractivity contribution in [2.45, 2.75) is 32.4 Å². The van der Waals surface area contributed by atoms with Crippen molar-refractivity contribution < 1.29 is 13.5 Å². The molecule has 0 radical (unpaired) electrons. The first-order valence-electron chi connectivity index (χ1n) is 4.38. The molecule has 0 amide bonds. The van der Waals surface area contributed by atoms with Gasteiger partial charge in [-0.2, -0.15) is 8.78 Å². The Labute approximate surface area is 71.5 Å². The summed E-state index contributed by atoms with van der Waals surface area (Å²) in [5.41, 5.74) is 0. The summed E-state index contributed by atoms with van der Waals surface area (Å²) in [4.78, 5) is 2.18. The number of likely N-dealkylation sites (tertiary alicyclic amines) is 1. The molecule has 0 spiro atoms. The molecule has 1 saturated heterocycles. The van der Waals surface area contributed by atoms with Crippen molar-refractivity contribution in [3.05, 3.63) is 0 Å². The van der Waals surface area contributed by atoms with Crippen molar-refractivity contribution in [3.8, 4) is 0 Å². The topological polar surface area (TPSA) is 12.5 Å². The second-order valence-corrected chi connectivity index (χ2v) is 3.02. The highest BCUT2D eigenvalue weighted by molar-refractivity contribution is 4.77. The molecule has 0 N–H and O–H groups in total. The average molecular weight is 179 g/mol. The van der Waals surface area contributed by atoms with Gasteiger partial charge in [0.2, 0.25) is 0 Å². The van der Waals surface area contributed by atoms with E-state index in [0.717, 1.165) is 25.9 Å². The van der Waals surface area contributed by atoms with E-state index >= 15 is 0 Å². The number of ether oxygens (including phenoxy) is 1. The minimum Gasteiger partial charge on any atom is -0.321 e. The second-order valence-electron chi connectivity index (χ2n) is 3.02. The number of hydrogen-bond donors (Lipinski definition) is 0. The first-order valence-corrected chi connectivity index (χ1v) is 4.38. The lowest BCUT2D eigenvalue weighted by atomic mass is 10.2. The SMILES string of the molecule is CCN1CCCC1COC(F)F. The third-order valence-electron chi connectivity index (χ3n) is 2.32. The van der Waals surface area contributed by atoms with Crippen LogP contribution in [-0.2, 0) is 4.74 Å². The van der Waals surface area contributed by atoms with Crippen LogP contribution in [0.3, 0.4) is 0 Å². The molecule has 0 aromatic rings. The Bertz CT molecular complexity index is 132. The molecule has 0 bridgehead atoms. The molecule has 12 heavy (non-hydrogen) atoms. The average Bonchev–Trinajstić information content (AvgIpc) is 2.47. The zero-order chi connectivity index (χ0) is 8.97. The minimum atomic E-state index is -2.62. The van der Waals surface area contributed by atoms with E-state index in [4.69, 9.17) is 0 Å². The Morgan fingerprint density at radius 3 is 2.92 bits per heavy atom. The Hall–Kier alpha value is -0.220. The van der Waals surface area contributed by atoms with Gasteiger partial charge in [0.15, 0.2) is 0 Å². The van der Waals surface area contributed by atoms with Crippen molar-refractivity contribution in [3.63, 3.8) is 0 Å². The van der Waals surface area contributed by atoms with Crippen LogP contribution in [0.5, 0.6) is 0 Å². The van der Waals surface area contributed by atoms with E-state index in [9.17, 15) is 8.78 Å². The quantitative estimate of drug-likeness (QED) is 0.651. The number of hydrogen-bond acceptors (Lipinski definition) is 2. The van der Waals surface area contributed by atoms with E-state index in [1.807, 2.05) is 6.92 Å². The van der Waals surface area contributed by atoms with Crippen LogP contribution in [-0.4, -0.2) is 37.2 Å². The highest BCUT2D eigenvalue weighted by Gasteiger charge is 2.23. The fraction of sp³-hybridized carbons (Fsp3) is 1.00. The molecule has 1 aliphatic heterocycles. The number of nitrogens with zero attached hydrogens (tertiary/aromatic N) is 1. The summed E-state index contributed by atoms with van der Waals surface area (Å²) in [6.07, 6.45) is 2.09. The predicted octanol–water partition coefficient (Wildman–Crippen LogP) is 1.71. The molecular weight excluding hydrogens is 164 g/mol. The fourth-order valence-corrected chi connectivity index (χ4v) is 1.68. The third-order valence-corrected chi connectivity index (χ3v) is 2.32. The molecular formula is C8H15F2NO. The van der Waals surface area contributed by atoms with Gasteiger partial charge in [-0.1, -0.05) is 6.92 Å². The van der Waals surface area contributed by atoms with E-state index in [0.29, 0.717) is 0 Å². The maximum absolute atomic E-state index is 11.7. The lowest BCUT2D eigenvalue weighted by Crippen LogP contribution is -2.33. The maximum Gasteiger partial charge on any atom is 0.345 e. The van der Waals surface area contributed by atoms with Gasteiger partial charge < -0.3 is 4.74 Å². The Kier molecular flexibility index (Phi) is 3.88. The van der Waals surface area contributed by atoms with Gasteiger partial charge in [0.05, 0.1) is 6.61 Å². The molecule has 1 unspecified atom stereocenters. The van der Waals surface area contributed by atoms with Crippen LogP contribution < -0.4 is 0 Å². The lowest BCUT2D eigenvalue weighted by Gasteiger charge is -2.21. The Morgan fingerprint density at radius 1 is 1.58 bits per heavy atom. The minimum absolute atomic E-state index is 0.172. The summed E-state index contributed by atoms with van der Waals surface area (Å²) in [5.74, 6) is 0. The molecule has 1 fully saturated rings. The first kappa shape index (κ1) is 9.86. The highest BCUT2D eigenvalue weighted by atomic mass is 19.3. The molecule has 1 atom stereocenters. The molecule has 4 heteroatoms. The van der Waals surface area contributed by atoms with Crippen molar-refractivity contribution >= 4 is 0 Å². The van der Waals surface area contributed by atoms with E-state index < -0.39 is 6.61 Å². The van der Waals surface area contributed by atoms with Gasteiger partial charge in [-0.15, -0.1) is 0 Å². The molecule has 0 aliphatic carbocycles. The van der Waals surface area contributed by atoms with E-state index in [1.165, 1.54) is 0 Å². The normalized spacial score (nSPS) is 25.5. The molecule has 0 aromatic heterocycles. The van der Waals surface area contributed by atoms with E-state index in [1.54, 1.807) is 0 Å². The largest absolute Gasteiger partial charge is 0.345 e. The van der Waals surface area contributed by atoms with Crippen LogP contribution in [0.2, 0.25) is 0 Å². The van der Waals surface area contributed by atoms with Crippen molar-refractivity contribution in [2.75, 3.05) is 19.7 Å². The van der Waals surface area contributed by atoms with Gasteiger partial charge in [-0.05, 0) is 25.9 Å². The van der Waals surface area contributed by atoms with Gasteiger partial charge in [0.25, 0.3) is 0 Å². The lowest BCUT2D eigenvalue weighted by molar-refractivity contribution is -0.138. The molecule has 2 nitrogen and oxygen atoms in total. The highest BCUT2D eigenvalue weighted by Crippen LogP contribution is 2.17. The van der Waals surface area contributed by atoms with Gasteiger partial charge >= 0.3 is 6.61 Å². The van der Waals surface area contributed by atoms with Crippen LogP contribution in [0.1, 0.15) is 19.8 Å². The third kappa shape index (κ3) is 2.68. The maximum atomic E-state index is 11.7. The standard InChI is InChI=1S/C8H15F2NO/c1-2-11-5-3-4-7(11)6-12-8(9)10/h7-8H,2-6H2,1H3. The molecule has 0 aromatic carbocycles. The van der Waals surface area contributed by atoms with Gasteiger partial charge in [-0.3, -0.25) is 4.90 Å². The Morgan fingerprint density at radius 2 is 2.33 bits per heavy atom. The fourth-order valence-electron chi connectivity index (χ4n) is 1.68. The summed E-state index contributed by atoms with van der Waals surface area (Å²) in [6.45, 7) is 1.54. The van der Waals surface area contributed by atoms with Crippen LogP contribution in [0.4, 0.5) is 8.78 Å². The van der Waals surface area contributed by atoms with Gasteiger partial charge in [0, 0.05) is 6.04 Å². The number of alkyl halides is 2. The molecule has 0 saturated carbocycles. The molecule has 1 aliphatic rings. The zero-order valence-corrected chi connectivity index (χ0v) is 7.30. The molecule has 72 valence electrons. The zero-order valence-electron chi connectivity index (χ0n) is 7.30. The second kappa shape index (κ2) is 4.72. The van der Waals surface area contributed by atoms with Crippen molar-refractivity contribution in [1.82, 2.24) is 4.90 Å². The van der Waals surface area contributed by atoms with Gasteiger partial charge in [-0.25, -0.2) is 0 Å². The first-order chi connectivity index (χ1) is 5.74.